The van der Waals surface area contributed by atoms with Crippen LogP contribution in [-0.4, -0.2) is 34.0 Å². The fourth-order valence-corrected chi connectivity index (χ4v) is 4.19. The Morgan fingerprint density at radius 2 is 1.68 bits per heavy atom. The van der Waals surface area contributed by atoms with E-state index in [9.17, 15) is 14.0 Å². The van der Waals surface area contributed by atoms with Gasteiger partial charge in [-0.1, -0.05) is 49.4 Å². The molecule has 2 rings (SSSR count). The highest BCUT2D eigenvalue weighted by Gasteiger charge is 2.30. The summed E-state index contributed by atoms with van der Waals surface area (Å²) in [5.74, 6) is 0.0351. The molecule has 4 nitrogen and oxygen atoms in total. The monoisotopic (exact) mass is 444 g/mol. The van der Waals surface area contributed by atoms with Gasteiger partial charge in [0.1, 0.15) is 11.9 Å². The number of thioether (sulfide) groups is 1. The summed E-state index contributed by atoms with van der Waals surface area (Å²) in [6, 6.07) is 13.9. The average Bonchev–Trinajstić information content (AvgIpc) is 2.69. The van der Waals surface area contributed by atoms with E-state index in [4.69, 9.17) is 0 Å². The summed E-state index contributed by atoms with van der Waals surface area (Å²) in [5, 5.41) is 3.01. The highest BCUT2D eigenvalue weighted by atomic mass is 32.2. The van der Waals surface area contributed by atoms with Crippen molar-refractivity contribution >= 4 is 23.6 Å². The van der Waals surface area contributed by atoms with Crippen molar-refractivity contribution in [3.8, 4) is 0 Å². The molecule has 2 aromatic rings. The van der Waals surface area contributed by atoms with Gasteiger partial charge in [0.2, 0.25) is 11.8 Å². The van der Waals surface area contributed by atoms with E-state index in [0.29, 0.717) is 24.3 Å². The largest absolute Gasteiger partial charge is 0.350 e. The molecule has 0 aromatic heterocycles. The van der Waals surface area contributed by atoms with Gasteiger partial charge in [-0.05, 0) is 56.9 Å². The summed E-state index contributed by atoms with van der Waals surface area (Å²) < 4.78 is 13.9. The van der Waals surface area contributed by atoms with Crippen LogP contribution in [0.2, 0.25) is 0 Å². The Kier molecular flexibility index (Phi) is 9.11. The second-order valence-electron chi connectivity index (χ2n) is 8.70. The van der Waals surface area contributed by atoms with Crippen molar-refractivity contribution in [3.05, 3.63) is 71.0 Å². The number of benzene rings is 2. The molecule has 2 amide bonds. The van der Waals surface area contributed by atoms with Crippen molar-refractivity contribution in [2.45, 2.75) is 64.9 Å². The summed E-state index contributed by atoms with van der Waals surface area (Å²) in [5.41, 5.74) is 2.27. The number of aryl methyl sites for hydroxylation is 1. The summed E-state index contributed by atoms with van der Waals surface area (Å²) in [6.45, 7) is 10.1. The number of hydrogen-bond donors (Lipinski definition) is 1. The Morgan fingerprint density at radius 3 is 2.26 bits per heavy atom. The van der Waals surface area contributed by atoms with Crippen molar-refractivity contribution in [2.24, 2.45) is 0 Å². The first-order chi connectivity index (χ1) is 14.6. The number of hydrogen-bond acceptors (Lipinski definition) is 3. The topological polar surface area (TPSA) is 49.4 Å². The maximum atomic E-state index is 13.9. The predicted octanol–water partition coefficient (Wildman–Crippen LogP) is 5.09. The van der Waals surface area contributed by atoms with Crippen molar-refractivity contribution in [1.82, 2.24) is 10.2 Å². The van der Waals surface area contributed by atoms with Gasteiger partial charge in [0.05, 0.1) is 5.75 Å². The molecule has 1 atom stereocenters. The lowest BCUT2D eigenvalue weighted by atomic mass is 10.0. The number of carbonyl (C=O) groups excluding carboxylic acids is 2. The first-order valence-electron chi connectivity index (χ1n) is 10.6. The van der Waals surface area contributed by atoms with Gasteiger partial charge in [0.15, 0.2) is 0 Å². The van der Waals surface area contributed by atoms with Gasteiger partial charge in [-0.2, -0.15) is 0 Å². The fourth-order valence-electron chi connectivity index (χ4n) is 3.29. The average molecular weight is 445 g/mol. The first kappa shape index (κ1) is 24.9. The highest BCUT2D eigenvalue weighted by molar-refractivity contribution is 7.99. The molecule has 31 heavy (non-hydrogen) atoms. The van der Waals surface area contributed by atoms with E-state index in [2.05, 4.69) is 5.32 Å². The zero-order valence-corrected chi connectivity index (χ0v) is 19.9. The lowest BCUT2D eigenvalue weighted by molar-refractivity contribution is -0.140. The van der Waals surface area contributed by atoms with Gasteiger partial charge in [-0.3, -0.25) is 9.59 Å². The van der Waals surface area contributed by atoms with Crippen LogP contribution in [0.25, 0.3) is 0 Å². The second kappa shape index (κ2) is 11.3. The van der Waals surface area contributed by atoms with Crippen LogP contribution in [0, 0.1) is 12.7 Å². The molecule has 0 spiro atoms. The van der Waals surface area contributed by atoms with Gasteiger partial charge in [-0.25, -0.2) is 4.39 Å². The lowest BCUT2D eigenvalue weighted by Crippen LogP contribution is -2.53. The van der Waals surface area contributed by atoms with E-state index in [1.165, 1.54) is 17.8 Å². The number of rotatable bonds is 9. The quantitative estimate of drug-likeness (QED) is 0.586. The Hall–Kier alpha value is -2.34. The van der Waals surface area contributed by atoms with Crippen LogP contribution in [0.5, 0.6) is 0 Å². The van der Waals surface area contributed by atoms with E-state index in [-0.39, 0.29) is 28.9 Å². The SMILES string of the molecule is CCC(C(=O)NC(C)(C)C)N(Cc1ccccc1C)C(=O)CSCc1ccccc1F. The van der Waals surface area contributed by atoms with Crippen molar-refractivity contribution in [3.63, 3.8) is 0 Å². The Balaban J connectivity index is 2.19. The number of nitrogens with zero attached hydrogens (tertiary/aromatic N) is 1. The van der Waals surface area contributed by atoms with Gasteiger partial charge in [0.25, 0.3) is 0 Å². The minimum absolute atomic E-state index is 0.125. The summed E-state index contributed by atoms with van der Waals surface area (Å²) in [7, 11) is 0. The van der Waals surface area contributed by atoms with Gasteiger partial charge >= 0.3 is 0 Å². The van der Waals surface area contributed by atoms with Crippen LogP contribution >= 0.6 is 11.8 Å². The molecule has 0 saturated carbocycles. The zero-order valence-electron chi connectivity index (χ0n) is 19.1. The molecular formula is C25H33FN2O2S. The summed E-state index contributed by atoms with van der Waals surface area (Å²) >= 11 is 1.36. The van der Waals surface area contributed by atoms with E-state index in [1.807, 2.05) is 58.9 Å². The smallest absolute Gasteiger partial charge is 0.243 e. The van der Waals surface area contributed by atoms with E-state index in [0.717, 1.165) is 11.1 Å². The third kappa shape index (κ3) is 7.69. The van der Waals surface area contributed by atoms with E-state index in [1.54, 1.807) is 23.1 Å². The molecular weight excluding hydrogens is 411 g/mol. The number of nitrogens with one attached hydrogen (secondary N) is 1. The standard InChI is InChI=1S/C25H33FN2O2S/c1-6-22(24(30)27-25(3,4)5)28(15-19-12-8-7-11-18(19)2)23(29)17-31-16-20-13-9-10-14-21(20)26/h7-14,22H,6,15-17H2,1-5H3,(H,27,30). The molecule has 0 aliphatic rings. The number of carbonyl (C=O) groups is 2. The molecule has 0 aliphatic carbocycles. The predicted molar refractivity (Wildman–Crippen MR) is 126 cm³/mol. The molecule has 0 bridgehead atoms. The Labute approximate surface area is 189 Å². The van der Waals surface area contributed by atoms with Crippen LogP contribution in [0.3, 0.4) is 0 Å². The maximum absolute atomic E-state index is 13.9. The molecule has 0 fully saturated rings. The van der Waals surface area contributed by atoms with Crippen molar-refractivity contribution in [2.75, 3.05) is 5.75 Å². The van der Waals surface area contributed by atoms with Crippen LogP contribution in [0.1, 0.15) is 50.8 Å². The van der Waals surface area contributed by atoms with E-state index < -0.39 is 6.04 Å². The van der Waals surface area contributed by atoms with Crippen LogP contribution < -0.4 is 5.32 Å². The van der Waals surface area contributed by atoms with Crippen LogP contribution in [-0.2, 0) is 21.9 Å². The lowest BCUT2D eigenvalue weighted by Gasteiger charge is -2.33. The second-order valence-corrected chi connectivity index (χ2v) is 9.68. The normalized spacial score (nSPS) is 12.3. The Bertz CT molecular complexity index is 895. The Morgan fingerprint density at radius 1 is 1.06 bits per heavy atom. The molecule has 6 heteroatoms. The molecule has 1 unspecified atom stereocenters. The van der Waals surface area contributed by atoms with Gasteiger partial charge in [0, 0.05) is 17.8 Å². The molecule has 0 aliphatic heterocycles. The van der Waals surface area contributed by atoms with Gasteiger partial charge in [-0.15, -0.1) is 11.8 Å². The minimum atomic E-state index is -0.569. The third-order valence-corrected chi connectivity index (χ3v) is 5.89. The van der Waals surface area contributed by atoms with E-state index >= 15 is 0 Å². The number of amides is 2. The third-order valence-electron chi connectivity index (χ3n) is 4.93. The van der Waals surface area contributed by atoms with Crippen molar-refractivity contribution in [1.29, 1.82) is 0 Å². The summed E-state index contributed by atoms with van der Waals surface area (Å²) in [4.78, 5) is 27.9. The van der Waals surface area contributed by atoms with Crippen molar-refractivity contribution < 1.29 is 14.0 Å². The van der Waals surface area contributed by atoms with Crippen LogP contribution in [0.15, 0.2) is 48.5 Å². The van der Waals surface area contributed by atoms with Crippen LogP contribution in [0.4, 0.5) is 4.39 Å². The molecule has 0 saturated heterocycles. The fraction of sp³-hybridized carbons (Fsp3) is 0.440. The minimum Gasteiger partial charge on any atom is -0.350 e. The molecule has 2 aromatic carbocycles. The molecule has 0 heterocycles. The number of halogens is 1. The molecule has 0 radical (unpaired) electrons. The van der Waals surface area contributed by atoms with Gasteiger partial charge < -0.3 is 10.2 Å². The first-order valence-corrected chi connectivity index (χ1v) is 11.7. The maximum Gasteiger partial charge on any atom is 0.243 e. The summed E-state index contributed by atoms with van der Waals surface area (Å²) in [6.07, 6.45) is 0.511. The highest BCUT2D eigenvalue weighted by Crippen LogP contribution is 2.20. The zero-order chi connectivity index (χ0) is 23.0. The molecule has 1 N–H and O–H groups in total. The molecule has 168 valence electrons.